The number of thiophene rings is 1. The second kappa shape index (κ2) is 6.05. The van der Waals surface area contributed by atoms with E-state index in [-0.39, 0.29) is 29.7 Å². The number of piperidine rings is 1. The van der Waals surface area contributed by atoms with Gasteiger partial charge in [-0.2, -0.15) is 0 Å². The van der Waals surface area contributed by atoms with Gasteiger partial charge in [-0.25, -0.2) is 0 Å². The molecule has 5 heterocycles. The summed E-state index contributed by atoms with van der Waals surface area (Å²) in [6.45, 7) is 1.74. The van der Waals surface area contributed by atoms with Crippen molar-refractivity contribution in [3.63, 3.8) is 0 Å². The zero-order chi connectivity index (χ0) is 18.7. The Morgan fingerprint density at radius 3 is 2.93 bits per heavy atom. The molecule has 7 heteroatoms. The molecule has 4 aliphatic heterocycles. The second-order valence-corrected chi connectivity index (χ2v) is 8.77. The van der Waals surface area contributed by atoms with Crippen LogP contribution in [0.15, 0.2) is 18.2 Å². The summed E-state index contributed by atoms with van der Waals surface area (Å²) in [4.78, 5) is 42.1. The van der Waals surface area contributed by atoms with E-state index in [2.05, 4.69) is 5.32 Å². The molecule has 2 bridgehead atoms. The van der Waals surface area contributed by atoms with E-state index in [1.54, 1.807) is 0 Å². The monoisotopic (exact) mass is 383 g/mol. The number of likely N-dealkylation sites (N-methyl/N-ethyl adjacent to an activating group) is 1. The molecule has 3 saturated heterocycles. The molecule has 2 atom stereocenters. The minimum absolute atomic E-state index is 0.0166. The van der Waals surface area contributed by atoms with Crippen molar-refractivity contribution in [3.05, 3.63) is 34.2 Å². The van der Waals surface area contributed by atoms with Crippen molar-refractivity contribution in [1.29, 1.82) is 0 Å². The highest BCUT2D eigenvalue weighted by atomic mass is 32.1. The van der Waals surface area contributed by atoms with E-state index in [1.165, 1.54) is 11.3 Å². The van der Waals surface area contributed by atoms with Crippen molar-refractivity contribution in [3.8, 4) is 0 Å². The summed E-state index contributed by atoms with van der Waals surface area (Å²) < 4.78 is 1.04. The van der Waals surface area contributed by atoms with Gasteiger partial charge in [0.2, 0.25) is 5.91 Å². The average Bonchev–Trinajstić information content (AvgIpc) is 2.84. The molecule has 0 saturated carbocycles. The summed E-state index contributed by atoms with van der Waals surface area (Å²) in [6.07, 6.45) is 2.62. The number of carbonyl (C=O) groups excluding carboxylic acids is 3. The molecule has 0 unspecified atom stereocenters. The van der Waals surface area contributed by atoms with E-state index in [0.717, 1.165) is 39.8 Å². The number of benzene rings is 1. The first-order chi connectivity index (χ1) is 13.0. The van der Waals surface area contributed by atoms with Crippen molar-refractivity contribution in [1.82, 2.24) is 15.1 Å². The Bertz CT molecular complexity index is 982. The number of fused-ring (bicyclic) bond motifs is 7. The molecular formula is C20H21N3O3S. The Labute approximate surface area is 161 Å². The van der Waals surface area contributed by atoms with Gasteiger partial charge in [0.1, 0.15) is 0 Å². The summed E-state index contributed by atoms with van der Waals surface area (Å²) in [5, 5.41) is 3.90. The van der Waals surface area contributed by atoms with Gasteiger partial charge < -0.3 is 15.1 Å². The van der Waals surface area contributed by atoms with Crippen molar-refractivity contribution < 1.29 is 14.4 Å². The van der Waals surface area contributed by atoms with Crippen LogP contribution < -0.4 is 5.32 Å². The van der Waals surface area contributed by atoms with E-state index >= 15 is 0 Å². The normalized spacial score (nSPS) is 24.8. The molecule has 2 aromatic rings. The second-order valence-electron chi connectivity index (χ2n) is 7.71. The minimum atomic E-state index is -0.0842. The average molecular weight is 383 g/mol. The maximum absolute atomic E-state index is 13.2. The van der Waals surface area contributed by atoms with Crippen LogP contribution in [0.25, 0.3) is 10.1 Å². The Morgan fingerprint density at radius 1 is 1.22 bits per heavy atom. The molecule has 140 valence electrons. The Hall–Kier alpha value is -2.41. The van der Waals surface area contributed by atoms with E-state index < -0.39 is 0 Å². The molecule has 4 aliphatic rings. The van der Waals surface area contributed by atoms with E-state index in [9.17, 15) is 14.4 Å². The number of hydrogen-bond acceptors (Lipinski definition) is 4. The maximum atomic E-state index is 13.2. The number of nitrogens with one attached hydrogen (secondary N) is 1. The molecule has 0 spiro atoms. The van der Waals surface area contributed by atoms with Gasteiger partial charge in [0, 0.05) is 43.0 Å². The van der Waals surface area contributed by atoms with Crippen LogP contribution in [0.3, 0.4) is 0 Å². The molecule has 6 nitrogen and oxygen atoms in total. The van der Waals surface area contributed by atoms with Crippen molar-refractivity contribution >= 4 is 39.1 Å². The number of amides is 3. The zero-order valence-electron chi connectivity index (χ0n) is 15.2. The fourth-order valence-corrected chi connectivity index (χ4v) is 5.75. The van der Waals surface area contributed by atoms with Crippen LogP contribution in [-0.4, -0.2) is 60.2 Å². The molecule has 0 radical (unpaired) electrons. The molecule has 0 aliphatic carbocycles. The molecule has 1 N–H and O–H groups in total. The van der Waals surface area contributed by atoms with Gasteiger partial charge in [-0.1, -0.05) is 0 Å². The summed E-state index contributed by atoms with van der Waals surface area (Å²) in [5.74, 6) is 0.0435. The van der Waals surface area contributed by atoms with Gasteiger partial charge in [-0.15, -0.1) is 11.3 Å². The van der Waals surface area contributed by atoms with Gasteiger partial charge in [0.25, 0.3) is 11.8 Å². The fourth-order valence-electron chi connectivity index (χ4n) is 4.60. The number of rotatable bonds is 1. The lowest BCUT2D eigenvalue weighted by atomic mass is 9.95. The highest BCUT2D eigenvalue weighted by Gasteiger charge is 2.40. The molecule has 6 rings (SSSR count). The molecular weight excluding hydrogens is 362 g/mol. The Balaban J connectivity index is 1.49. The number of nitrogens with zero attached hydrogens (tertiary/aromatic N) is 2. The molecule has 3 amide bonds. The van der Waals surface area contributed by atoms with Crippen LogP contribution in [0.2, 0.25) is 0 Å². The van der Waals surface area contributed by atoms with Crippen molar-refractivity contribution in [2.24, 2.45) is 5.92 Å². The Kier molecular flexibility index (Phi) is 3.75. The Morgan fingerprint density at radius 2 is 2.07 bits per heavy atom. The standard InChI is InChI=1S/C20H21N3O3S/c1-22-13-4-2-12(19(22)25)9-23(10-13)20(26)11-3-5-16-15(8-11)14-6-7-21-18(24)17(14)27-16/h3,5,8,12-13H,2,4,6-7,9-10H2,1H3,(H,21,24)/t12-,13+/m0/s1. The predicted octanol–water partition coefficient (Wildman–Crippen LogP) is 1.88. The van der Waals surface area contributed by atoms with E-state index in [1.807, 2.05) is 35.0 Å². The SMILES string of the molecule is CN1C(=O)[C@H]2CC[C@@H]1CN(C(=O)c1ccc3sc4c(c3c1)CCNC4=O)C2. The molecule has 1 aromatic heterocycles. The van der Waals surface area contributed by atoms with Crippen LogP contribution in [0.4, 0.5) is 0 Å². The number of carbonyl (C=O) groups is 3. The van der Waals surface area contributed by atoms with Crippen LogP contribution in [0.5, 0.6) is 0 Å². The third-order valence-electron chi connectivity index (χ3n) is 6.16. The van der Waals surface area contributed by atoms with Crippen molar-refractivity contribution in [2.45, 2.75) is 25.3 Å². The first kappa shape index (κ1) is 16.7. The lowest BCUT2D eigenvalue weighted by Crippen LogP contribution is -2.45. The van der Waals surface area contributed by atoms with Crippen molar-refractivity contribution in [2.75, 3.05) is 26.7 Å². The third-order valence-corrected chi connectivity index (χ3v) is 7.37. The smallest absolute Gasteiger partial charge is 0.261 e. The first-order valence-corrected chi connectivity index (χ1v) is 10.2. The fraction of sp³-hybridized carbons (Fsp3) is 0.450. The van der Waals surface area contributed by atoms with Crippen LogP contribution in [0, 0.1) is 5.92 Å². The number of hydrogen-bond donors (Lipinski definition) is 1. The quantitative estimate of drug-likeness (QED) is 0.818. The zero-order valence-corrected chi connectivity index (χ0v) is 16.0. The predicted molar refractivity (Wildman–Crippen MR) is 103 cm³/mol. The van der Waals surface area contributed by atoms with Gasteiger partial charge >= 0.3 is 0 Å². The molecule has 27 heavy (non-hydrogen) atoms. The molecule has 1 aromatic carbocycles. The lowest BCUT2D eigenvalue weighted by molar-refractivity contribution is -0.138. The first-order valence-electron chi connectivity index (χ1n) is 9.42. The largest absolute Gasteiger partial charge is 0.351 e. The van der Waals surface area contributed by atoms with Gasteiger partial charge in [0.05, 0.1) is 10.8 Å². The van der Waals surface area contributed by atoms with Crippen LogP contribution >= 0.6 is 11.3 Å². The van der Waals surface area contributed by atoms with E-state index in [0.29, 0.717) is 25.2 Å². The van der Waals surface area contributed by atoms with Gasteiger partial charge in [0.15, 0.2) is 0 Å². The lowest BCUT2D eigenvalue weighted by Gasteiger charge is -2.32. The summed E-state index contributed by atoms with van der Waals surface area (Å²) in [5.41, 5.74) is 1.70. The minimum Gasteiger partial charge on any atom is -0.351 e. The maximum Gasteiger partial charge on any atom is 0.261 e. The summed E-state index contributed by atoms with van der Waals surface area (Å²) in [7, 11) is 1.85. The van der Waals surface area contributed by atoms with E-state index in [4.69, 9.17) is 0 Å². The van der Waals surface area contributed by atoms with Crippen LogP contribution in [-0.2, 0) is 11.2 Å². The third kappa shape index (κ3) is 2.56. The highest BCUT2D eigenvalue weighted by molar-refractivity contribution is 7.21. The highest BCUT2D eigenvalue weighted by Crippen LogP contribution is 2.35. The topological polar surface area (TPSA) is 69.7 Å². The van der Waals surface area contributed by atoms with Crippen LogP contribution in [0.1, 0.15) is 38.4 Å². The summed E-state index contributed by atoms with van der Waals surface area (Å²) >= 11 is 1.49. The van der Waals surface area contributed by atoms with Gasteiger partial charge in [-0.3, -0.25) is 14.4 Å². The van der Waals surface area contributed by atoms with Gasteiger partial charge in [-0.05, 0) is 48.4 Å². The summed E-state index contributed by atoms with van der Waals surface area (Å²) in [6, 6.07) is 5.84. The molecule has 3 fully saturated rings.